The van der Waals surface area contributed by atoms with Gasteiger partial charge in [0.05, 0.1) is 5.56 Å². The number of benzene rings is 1. The minimum absolute atomic E-state index is 0.319. The third-order valence-corrected chi connectivity index (χ3v) is 3.84. The highest BCUT2D eigenvalue weighted by atomic mass is 35.5. The van der Waals surface area contributed by atoms with Crippen molar-refractivity contribution >= 4 is 35.2 Å². The number of thioether (sulfide) groups is 1. The number of carbonyl (C=O) groups excluding carboxylic acids is 2. The Bertz CT molecular complexity index is 709. The molecular formula is C16H15ClN2O3S. The van der Waals surface area contributed by atoms with Crippen LogP contribution in [0.5, 0.6) is 0 Å². The molecule has 0 saturated heterocycles. The third kappa shape index (κ3) is 5.26. The number of hydrogen-bond acceptors (Lipinski definition) is 5. The molecule has 0 aliphatic rings. The summed E-state index contributed by atoms with van der Waals surface area (Å²) in [4.78, 5) is 27.8. The molecule has 0 aliphatic heterocycles. The molecule has 0 saturated carbocycles. The average molecular weight is 351 g/mol. The molecule has 0 spiro atoms. The highest BCUT2D eigenvalue weighted by Gasteiger charge is 2.14. The molecule has 2 aromatic rings. The van der Waals surface area contributed by atoms with Crippen molar-refractivity contribution in [2.75, 3.05) is 12.9 Å². The van der Waals surface area contributed by atoms with Crippen molar-refractivity contribution in [1.82, 2.24) is 10.3 Å². The molecule has 0 radical (unpaired) electrons. The van der Waals surface area contributed by atoms with Crippen molar-refractivity contribution < 1.29 is 14.3 Å². The van der Waals surface area contributed by atoms with Gasteiger partial charge in [0.1, 0.15) is 5.03 Å². The number of esters is 1. The van der Waals surface area contributed by atoms with Gasteiger partial charge in [-0.3, -0.25) is 4.79 Å². The van der Waals surface area contributed by atoms with Gasteiger partial charge in [-0.1, -0.05) is 23.7 Å². The van der Waals surface area contributed by atoms with Crippen LogP contribution >= 0.6 is 23.4 Å². The highest BCUT2D eigenvalue weighted by molar-refractivity contribution is 7.98. The molecule has 2 rings (SSSR count). The normalized spacial score (nSPS) is 10.2. The number of pyridine rings is 1. The Hall–Kier alpha value is -2.05. The van der Waals surface area contributed by atoms with Crippen LogP contribution in [-0.4, -0.2) is 29.7 Å². The summed E-state index contributed by atoms with van der Waals surface area (Å²) in [6, 6.07) is 10.4. The van der Waals surface area contributed by atoms with Gasteiger partial charge in [0.15, 0.2) is 6.61 Å². The van der Waals surface area contributed by atoms with Crippen LogP contribution in [0.1, 0.15) is 15.9 Å². The van der Waals surface area contributed by atoms with E-state index in [1.54, 1.807) is 36.5 Å². The second-order valence-electron chi connectivity index (χ2n) is 4.54. The number of hydrogen-bond donors (Lipinski definition) is 1. The summed E-state index contributed by atoms with van der Waals surface area (Å²) in [5.41, 5.74) is 1.22. The Morgan fingerprint density at radius 1 is 1.30 bits per heavy atom. The Balaban J connectivity index is 1.83. The van der Waals surface area contributed by atoms with Crippen LogP contribution in [-0.2, 0) is 16.1 Å². The smallest absolute Gasteiger partial charge is 0.341 e. The molecule has 5 nitrogen and oxygen atoms in total. The lowest BCUT2D eigenvalue weighted by Gasteiger charge is -2.08. The van der Waals surface area contributed by atoms with Crippen molar-refractivity contribution in [1.29, 1.82) is 0 Å². The standard InChI is InChI=1S/C16H15ClN2O3S/c1-23-15-13(6-3-7-18-15)16(21)22-10-14(20)19-9-11-4-2-5-12(17)8-11/h2-8H,9-10H2,1H3,(H,19,20). The lowest BCUT2D eigenvalue weighted by atomic mass is 10.2. The van der Waals surface area contributed by atoms with E-state index in [1.165, 1.54) is 11.8 Å². The van der Waals surface area contributed by atoms with Crippen LogP contribution in [0.25, 0.3) is 0 Å². The second kappa shape index (κ2) is 8.55. The zero-order valence-electron chi connectivity index (χ0n) is 12.4. The molecule has 0 unspecified atom stereocenters. The summed E-state index contributed by atoms with van der Waals surface area (Å²) in [6.45, 7) is -0.0258. The highest BCUT2D eigenvalue weighted by Crippen LogP contribution is 2.17. The first-order chi connectivity index (χ1) is 11.1. The Labute approximate surface area is 143 Å². The third-order valence-electron chi connectivity index (χ3n) is 2.90. The van der Waals surface area contributed by atoms with Gasteiger partial charge in [0, 0.05) is 17.8 Å². The van der Waals surface area contributed by atoms with Crippen LogP contribution in [0.2, 0.25) is 5.02 Å². The molecule has 7 heteroatoms. The molecule has 1 amide bonds. The zero-order chi connectivity index (χ0) is 16.7. The fourth-order valence-electron chi connectivity index (χ4n) is 1.82. The van der Waals surface area contributed by atoms with E-state index in [0.29, 0.717) is 22.2 Å². The van der Waals surface area contributed by atoms with E-state index in [9.17, 15) is 9.59 Å². The van der Waals surface area contributed by atoms with Crippen molar-refractivity contribution in [2.45, 2.75) is 11.6 Å². The van der Waals surface area contributed by atoms with E-state index in [1.807, 2.05) is 12.3 Å². The van der Waals surface area contributed by atoms with Crippen LogP contribution < -0.4 is 5.32 Å². The van der Waals surface area contributed by atoms with Gasteiger partial charge in [-0.05, 0) is 36.1 Å². The zero-order valence-corrected chi connectivity index (χ0v) is 14.0. The maximum atomic E-state index is 12.0. The van der Waals surface area contributed by atoms with Gasteiger partial charge in [0.2, 0.25) is 0 Å². The van der Waals surface area contributed by atoms with E-state index in [4.69, 9.17) is 16.3 Å². The first-order valence-corrected chi connectivity index (χ1v) is 8.37. The van der Waals surface area contributed by atoms with Gasteiger partial charge < -0.3 is 10.1 Å². The topological polar surface area (TPSA) is 68.3 Å². The minimum atomic E-state index is -0.569. The molecule has 0 atom stereocenters. The van der Waals surface area contributed by atoms with Crippen molar-refractivity contribution in [3.63, 3.8) is 0 Å². The molecule has 1 aromatic heterocycles. The van der Waals surface area contributed by atoms with E-state index < -0.39 is 5.97 Å². The quantitative estimate of drug-likeness (QED) is 0.641. The van der Waals surface area contributed by atoms with Gasteiger partial charge in [-0.2, -0.15) is 0 Å². The summed E-state index contributed by atoms with van der Waals surface area (Å²) in [7, 11) is 0. The van der Waals surface area contributed by atoms with Crippen LogP contribution in [0, 0.1) is 0 Å². The summed E-state index contributed by atoms with van der Waals surface area (Å²) >= 11 is 7.21. The monoisotopic (exact) mass is 350 g/mol. The van der Waals surface area contributed by atoms with Gasteiger partial charge in [-0.15, -0.1) is 11.8 Å². The lowest BCUT2D eigenvalue weighted by Crippen LogP contribution is -2.28. The summed E-state index contributed by atoms with van der Waals surface area (Å²) in [5, 5.41) is 3.83. The molecule has 1 heterocycles. The molecule has 1 N–H and O–H groups in total. The van der Waals surface area contributed by atoms with E-state index >= 15 is 0 Å². The molecule has 0 fully saturated rings. The van der Waals surface area contributed by atoms with Crippen LogP contribution in [0.4, 0.5) is 0 Å². The molecule has 23 heavy (non-hydrogen) atoms. The van der Waals surface area contributed by atoms with Gasteiger partial charge >= 0.3 is 5.97 Å². The number of rotatable bonds is 6. The van der Waals surface area contributed by atoms with E-state index in [2.05, 4.69) is 10.3 Å². The van der Waals surface area contributed by atoms with Crippen molar-refractivity contribution in [3.05, 3.63) is 58.7 Å². The number of amides is 1. The van der Waals surface area contributed by atoms with Crippen molar-refractivity contribution in [2.24, 2.45) is 0 Å². The molecule has 0 bridgehead atoms. The summed E-state index contributed by atoms with van der Waals surface area (Å²) < 4.78 is 5.01. The van der Waals surface area contributed by atoms with Crippen LogP contribution in [0.3, 0.4) is 0 Å². The lowest BCUT2D eigenvalue weighted by molar-refractivity contribution is -0.124. The number of aromatic nitrogens is 1. The Kier molecular flexibility index (Phi) is 6.43. The van der Waals surface area contributed by atoms with E-state index in [-0.39, 0.29) is 12.5 Å². The molecule has 0 aliphatic carbocycles. The molecular weight excluding hydrogens is 336 g/mol. The summed E-state index contributed by atoms with van der Waals surface area (Å²) in [5.74, 6) is -0.951. The predicted molar refractivity (Wildman–Crippen MR) is 89.6 cm³/mol. The fourth-order valence-corrected chi connectivity index (χ4v) is 2.57. The number of carbonyl (C=O) groups is 2. The number of nitrogens with zero attached hydrogens (tertiary/aromatic N) is 1. The Morgan fingerprint density at radius 3 is 2.87 bits per heavy atom. The van der Waals surface area contributed by atoms with Crippen LogP contribution in [0.15, 0.2) is 47.6 Å². The first-order valence-electron chi connectivity index (χ1n) is 6.77. The molecule has 1 aromatic carbocycles. The van der Waals surface area contributed by atoms with E-state index in [0.717, 1.165) is 5.56 Å². The largest absolute Gasteiger partial charge is 0.452 e. The van der Waals surface area contributed by atoms with Gasteiger partial charge in [-0.25, -0.2) is 9.78 Å². The fraction of sp³-hybridized carbons (Fsp3) is 0.188. The second-order valence-corrected chi connectivity index (χ2v) is 5.77. The maximum Gasteiger partial charge on any atom is 0.341 e. The minimum Gasteiger partial charge on any atom is -0.452 e. The van der Waals surface area contributed by atoms with Crippen molar-refractivity contribution in [3.8, 4) is 0 Å². The molecule has 120 valence electrons. The average Bonchev–Trinajstić information content (AvgIpc) is 2.57. The predicted octanol–water partition coefficient (Wildman–Crippen LogP) is 2.93. The number of nitrogens with one attached hydrogen (secondary N) is 1. The number of ether oxygens (including phenoxy) is 1. The number of halogens is 1. The maximum absolute atomic E-state index is 12.0. The SMILES string of the molecule is CSc1ncccc1C(=O)OCC(=O)NCc1cccc(Cl)c1. The van der Waals surface area contributed by atoms with Gasteiger partial charge in [0.25, 0.3) is 5.91 Å². The first kappa shape index (κ1) is 17.3. The Morgan fingerprint density at radius 2 is 2.13 bits per heavy atom. The summed E-state index contributed by atoms with van der Waals surface area (Å²) in [6.07, 6.45) is 3.41.